The fourth-order valence-corrected chi connectivity index (χ4v) is 2.88. The van der Waals surface area contributed by atoms with Crippen molar-refractivity contribution in [1.29, 1.82) is 0 Å². The van der Waals surface area contributed by atoms with E-state index in [4.69, 9.17) is 4.74 Å². The normalized spacial score (nSPS) is 13.9. The minimum Gasteiger partial charge on any atom is -0.379 e. The van der Waals surface area contributed by atoms with Crippen LogP contribution in [0.1, 0.15) is 20.7 Å². The third-order valence-electron chi connectivity index (χ3n) is 4.45. The molecule has 0 aliphatic carbocycles. The number of nitrogens with one attached hydrogen (secondary N) is 3. The van der Waals surface area contributed by atoms with Gasteiger partial charge in [-0.05, 0) is 24.3 Å². The van der Waals surface area contributed by atoms with Crippen LogP contribution in [0.3, 0.4) is 0 Å². The van der Waals surface area contributed by atoms with Gasteiger partial charge >= 0.3 is 5.91 Å². The summed E-state index contributed by atoms with van der Waals surface area (Å²) in [6.45, 7) is 2.42. The van der Waals surface area contributed by atoms with Crippen molar-refractivity contribution in [2.24, 2.45) is 0 Å². The van der Waals surface area contributed by atoms with Crippen molar-refractivity contribution < 1.29 is 23.9 Å². The molecule has 1 fully saturated rings. The fraction of sp³-hybridized carbons (Fsp3) is 0.238. The Hall–Kier alpha value is -3.56. The van der Waals surface area contributed by atoms with Crippen molar-refractivity contribution in [2.45, 2.75) is 0 Å². The van der Waals surface area contributed by atoms with Crippen molar-refractivity contribution >= 4 is 29.2 Å². The third-order valence-corrected chi connectivity index (χ3v) is 4.45. The Balaban J connectivity index is 1.58. The van der Waals surface area contributed by atoms with Gasteiger partial charge in [0.15, 0.2) is 0 Å². The van der Waals surface area contributed by atoms with Crippen molar-refractivity contribution in [3.8, 4) is 0 Å². The van der Waals surface area contributed by atoms with Crippen LogP contribution in [0, 0.1) is 0 Å². The van der Waals surface area contributed by atoms with Crippen LogP contribution in [-0.4, -0.2) is 61.3 Å². The lowest BCUT2D eigenvalue weighted by Crippen LogP contribution is -2.50. The molecule has 156 valence electrons. The molecule has 3 amide bonds. The van der Waals surface area contributed by atoms with Gasteiger partial charge < -0.3 is 10.1 Å². The van der Waals surface area contributed by atoms with Crippen molar-refractivity contribution in [3.63, 3.8) is 0 Å². The van der Waals surface area contributed by atoms with Gasteiger partial charge in [0, 0.05) is 18.7 Å². The Kier molecular flexibility index (Phi) is 7.25. The maximum absolute atomic E-state index is 12.5. The highest BCUT2D eigenvalue weighted by Crippen LogP contribution is 2.17. The molecule has 0 spiro atoms. The maximum atomic E-state index is 12.5. The van der Waals surface area contributed by atoms with Crippen LogP contribution in [0.15, 0.2) is 54.6 Å². The number of carbonyl (C=O) groups excluding carboxylic acids is 4. The summed E-state index contributed by atoms with van der Waals surface area (Å²) in [7, 11) is 0. The summed E-state index contributed by atoms with van der Waals surface area (Å²) < 4.78 is 5.21. The molecule has 0 unspecified atom stereocenters. The van der Waals surface area contributed by atoms with Crippen LogP contribution in [0.4, 0.5) is 5.69 Å². The van der Waals surface area contributed by atoms with Gasteiger partial charge in [-0.15, -0.1) is 0 Å². The highest BCUT2D eigenvalue weighted by Gasteiger charge is 2.22. The number of para-hydroxylation sites is 1. The van der Waals surface area contributed by atoms with Crippen molar-refractivity contribution in [2.75, 3.05) is 38.2 Å². The van der Waals surface area contributed by atoms with Gasteiger partial charge in [-0.2, -0.15) is 0 Å². The molecule has 0 saturated carbocycles. The topological polar surface area (TPSA) is 117 Å². The molecule has 9 nitrogen and oxygen atoms in total. The number of morpholine rings is 1. The van der Waals surface area contributed by atoms with Gasteiger partial charge in [0.25, 0.3) is 17.6 Å². The molecule has 0 aromatic heterocycles. The Morgan fingerprint density at radius 1 is 0.867 bits per heavy atom. The van der Waals surface area contributed by atoms with Crippen LogP contribution in [0.25, 0.3) is 0 Å². The maximum Gasteiger partial charge on any atom is 0.310 e. The number of hydrogen-bond donors (Lipinski definition) is 3. The first-order valence-electron chi connectivity index (χ1n) is 9.43. The third kappa shape index (κ3) is 5.72. The van der Waals surface area contributed by atoms with Crippen LogP contribution >= 0.6 is 0 Å². The summed E-state index contributed by atoms with van der Waals surface area (Å²) in [6.07, 6.45) is 0. The zero-order chi connectivity index (χ0) is 21.3. The Bertz CT molecular complexity index is 926. The zero-order valence-electron chi connectivity index (χ0n) is 16.2. The number of anilines is 1. The average molecular weight is 410 g/mol. The summed E-state index contributed by atoms with van der Waals surface area (Å²) >= 11 is 0. The largest absolute Gasteiger partial charge is 0.379 e. The summed E-state index contributed by atoms with van der Waals surface area (Å²) in [5.41, 5.74) is 4.99. The molecule has 1 saturated heterocycles. The Labute approximate surface area is 173 Å². The molecule has 3 N–H and O–H groups in total. The molecule has 9 heteroatoms. The van der Waals surface area contributed by atoms with Gasteiger partial charge in [0.2, 0.25) is 0 Å². The molecule has 2 aromatic carbocycles. The number of hydrogen-bond acceptors (Lipinski definition) is 6. The number of benzene rings is 2. The SMILES string of the molecule is O=C(CN1CCOCC1)NNC(=O)C(=O)c1ccccc1NC(=O)c1ccccc1. The monoisotopic (exact) mass is 410 g/mol. The molecule has 1 heterocycles. The van der Waals surface area contributed by atoms with E-state index in [1.807, 2.05) is 4.90 Å². The van der Waals surface area contributed by atoms with Crippen molar-refractivity contribution in [1.82, 2.24) is 15.8 Å². The Morgan fingerprint density at radius 2 is 1.53 bits per heavy atom. The fourth-order valence-electron chi connectivity index (χ4n) is 2.88. The zero-order valence-corrected chi connectivity index (χ0v) is 16.2. The molecule has 2 aromatic rings. The summed E-state index contributed by atoms with van der Waals surface area (Å²) in [4.78, 5) is 51.0. The van der Waals surface area contributed by atoms with Crippen molar-refractivity contribution in [3.05, 3.63) is 65.7 Å². The van der Waals surface area contributed by atoms with Crippen LogP contribution in [-0.2, 0) is 14.3 Å². The predicted molar refractivity (Wildman–Crippen MR) is 109 cm³/mol. The van der Waals surface area contributed by atoms with E-state index in [9.17, 15) is 19.2 Å². The second kappa shape index (κ2) is 10.3. The van der Waals surface area contributed by atoms with E-state index in [1.165, 1.54) is 12.1 Å². The standard InChI is InChI=1S/C21H22N4O5/c26-18(14-25-10-12-30-13-11-25)23-24-21(29)19(27)16-8-4-5-9-17(16)22-20(28)15-6-2-1-3-7-15/h1-9H,10-14H2,(H,22,28)(H,23,26)(H,24,29). The highest BCUT2D eigenvalue weighted by molar-refractivity contribution is 6.44. The molecule has 3 rings (SSSR count). The number of ether oxygens (including phenoxy) is 1. The lowest BCUT2D eigenvalue weighted by Gasteiger charge is -2.25. The smallest absolute Gasteiger partial charge is 0.310 e. The van der Waals surface area contributed by atoms with E-state index in [1.54, 1.807) is 42.5 Å². The molecular formula is C21H22N4O5. The lowest BCUT2D eigenvalue weighted by molar-refractivity contribution is -0.128. The molecule has 1 aliphatic heterocycles. The summed E-state index contributed by atoms with van der Waals surface area (Å²) in [5.74, 6) is -2.74. The van der Waals surface area contributed by atoms with Crippen LogP contribution in [0.2, 0.25) is 0 Å². The van der Waals surface area contributed by atoms with E-state index in [0.29, 0.717) is 31.9 Å². The summed E-state index contributed by atoms with van der Waals surface area (Å²) in [5, 5.41) is 2.64. The number of nitrogens with zero attached hydrogens (tertiary/aromatic N) is 1. The molecule has 0 atom stereocenters. The van der Waals surface area contributed by atoms with E-state index in [0.717, 1.165) is 0 Å². The quantitative estimate of drug-likeness (QED) is 0.365. The first-order valence-corrected chi connectivity index (χ1v) is 9.43. The molecule has 0 radical (unpaired) electrons. The minimum atomic E-state index is -1.01. The van der Waals surface area contributed by atoms with E-state index < -0.39 is 23.5 Å². The van der Waals surface area contributed by atoms with E-state index in [2.05, 4.69) is 16.2 Å². The highest BCUT2D eigenvalue weighted by atomic mass is 16.5. The number of ketones is 1. The molecular weight excluding hydrogens is 388 g/mol. The molecule has 1 aliphatic rings. The van der Waals surface area contributed by atoms with Gasteiger partial charge in [-0.1, -0.05) is 30.3 Å². The van der Waals surface area contributed by atoms with Crippen LogP contribution < -0.4 is 16.2 Å². The van der Waals surface area contributed by atoms with Gasteiger partial charge in [0.05, 0.1) is 31.0 Å². The number of carbonyl (C=O) groups is 4. The Morgan fingerprint density at radius 3 is 2.27 bits per heavy atom. The van der Waals surface area contributed by atoms with Gasteiger partial charge in [-0.3, -0.25) is 34.9 Å². The second-order valence-corrected chi connectivity index (χ2v) is 6.59. The van der Waals surface area contributed by atoms with Crippen LogP contribution in [0.5, 0.6) is 0 Å². The number of Topliss-reactive ketones (excluding diaryl/α,β-unsaturated/α-hetero) is 1. The lowest BCUT2D eigenvalue weighted by atomic mass is 10.1. The first kappa shape index (κ1) is 21.2. The average Bonchev–Trinajstić information content (AvgIpc) is 2.78. The number of hydrazine groups is 1. The number of amides is 3. The van der Waals surface area contributed by atoms with E-state index >= 15 is 0 Å². The van der Waals surface area contributed by atoms with E-state index in [-0.39, 0.29) is 17.8 Å². The first-order chi connectivity index (χ1) is 14.5. The predicted octanol–water partition coefficient (Wildman–Crippen LogP) is 0.601. The van der Waals surface area contributed by atoms with Gasteiger partial charge in [-0.25, -0.2) is 0 Å². The minimum absolute atomic E-state index is 0.0155. The molecule has 0 bridgehead atoms. The second-order valence-electron chi connectivity index (χ2n) is 6.59. The van der Waals surface area contributed by atoms with Gasteiger partial charge in [0.1, 0.15) is 0 Å². The molecule has 30 heavy (non-hydrogen) atoms. The number of rotatable bonds is 6. The summed E-state index contributed by atoms with van der Waals surface area (Å²) in [6, 6.07) is 14.7.